The number of Topliss-reactive ketones (excluding diaryl/α,β-unsaturated/α-hetero) is 1. The molecule has 196 valence electrons. The number of carbonyl (C=O) groups excluding carboxylic acids is 4. The van der Waals surface area contributed by atoms with Gasteiger partial charge in [-0.3, -0.25) is 14.4 Å². The highest BCUT2D eigenvalue weighted by molar-refractivity contribution is 6.35. The summed E-state index contributed by atoms with van der Waals surface area (Å²) in [5, 5.41) is 15.8. The van der Waals surface area contributed by atoms with Gasteiger partial charge >= 0.3 is 12.1 Å². The minimum atomic E-state index is -3.04. The molecule has 0 aromatic rings. The van der Waals surface area contributed by atoms with Crippen molar-refractivity contribution in [1.82, 2.24) is 16.0 Å². The second kappa shape index (κ2) is 14.5. The van der Waals surface area contributed by atoms with Crippen molar-refractivity contribution in [3.8, 4) is 0 Å². The van der Waals surface area contributed by atoms with E-state index in [1.807, 2.05) is 12.2 Å². The molecule has 12 heteroatoms. The Morgan fingerprint density at radius 1 is 0.882 bits per heavy atom. The largest absolute Gasteiger partial charge is 0.475 e. The molecular formula is C22H37F2N3O7. The van der Waals surface area contributed by atoms with E-state index in [-0.39, 0.29) is 18.8 Å². The van der Waals surface area contributed by atoms with Gasteiger partial charge in [0.05, 0.1) is 0 Å². The van der Waals surface area contributed by atoms with Crippen LogP contribution in [0, 0.1) is 5.92 Å². The number of rotatable bonds is 14. The number of ketones is 1. The van der Waals surface area contributed by atoms with Crippen LogP contribution in [0.1, 0.15) is 73.6 Å². The fourth-order valence-corrected chi connectivity index (χ4v) is 2.93. The van der Waals surface area contributed by atoms with Crippen LogP contribution < -0.4 is 16.0 Å². The molecule has 3 amide bonds. The summed E-state index contributed by atoms with van der Waals surface area (Å²) in [5.74, 6) is -5.36. The van der Waals surface area contributed by atoms with Gasteiger partial charge in [0.2, 0.25) is 18.2 Å². The van der Waals surface area contributed by atoms with Gasteiger partial charge in [-0.15, -0.1) is 0 Å². The average molecular weight is 494 g/mol. The zero-order valence-corrected chi connectivity index (χ0v) is 20.6. The van der Waals surface area contributed by atoms with E-state index in [4.69, 9.17) is 9.84 Å². The number of hydrogen-bond acceptors (Lipinski definition) is 6. The molecule has 0 radical (unpaired) electrons. The molecule has 0 saturated carbocycles. The van der Waals surface area contributed by atoms with E-state index >= 15 is 0 Å². The zero-order chi connectivity index (χ0) is 26.6. The first-order valence-corrected chi connectivity index (χ1v) is 11.2. The zero-order valence-electron chi connectivity index (χ0n) is 20.6. The lowest BCUT2D eigenvalue weighted by atomic mass is 10.0. The molecule has 0 aromatic carbocycles. The number of carbonyl (C=O) groups is 5. The van der Waals surface area contributed by atoms with Crippen LogP contribution in [0.3, 0.4) is 0 Å². The number of halogens is 2. The molecule has 0 fully saturated rings. The van der Waals surface area contributed by atoms with Gasteiger partial charge in [-0.25, -0.2) is 18.4 Å². The van der Waals surface area contributed by atoms with Gasteiger partial charge in [-0.1, -0.05) is 33.6 Å². The fraction of sp³-hybridized carbons (Fsp3) is 0.773. The number of unbranched alkanes of at least 4 members (excludes halogenated alkanes) is 1. The van der Waals surface area contributed by atoms with Crippen molar-refractivity contribution in [1.29, 1.82) is 0 Å². The van der Waals surface area contributed by atoms with Crippen molar-refractivity contribution in [2.45, 2.75) is 104 Å². The average Bonchev–Trinajstić information content (AvgIpc) is 2.67. The summed E-state index contributed by atoms with van der Waals surface area (Å²) in [6.07, 6.45) is -3.41. The monoisotopic (exact) mass is 493 g/mol. The Balaban J connectivity index is 5.59. The van der Waals surface area contributed by atoms with Gasteiger partial charge in [0.1, 0.15) is 23.7 Å². The van der Waals surface area contributed by atoms with Crippen molar-refractivity contribution >= 4 is 29.7 Å². The molecule has 0 aliphatic heterocycles. The van der Waals surface area contributed by atoms with E-state index in [0.29, 0.717) is 6.42 Å². The summed E-state index contributed by atoms with van der Waals surface area (Å²) in [4.78, 5) is 60.5. The maximum Gasteiger partial charge on any atom is 0.408 e. The van der Waals surface area contributed by atoms with Gasteiger partial charge in [0.25, 0.3) is 5.78 Å². The van der Waals surface area contributed by atoms with Crippen LogP contribution in [0.2, 0.25) is 0 Å². The van der Waals surface area contributed by atoms with Crippen molar-refractivity contribution in [3.05, 3.63) is 0 Å². The quantitative estimate of drug-likeness (QED) is 0.271. The van der Waals surface area contributed by atoms with E-state index in [2.05, 4.69) is 10.6 Å². The molecule has 0 saturated heterocycles. The van der Waals surface area contributed by atoms with Crippen LogP contribution in [-0.2, 0) is 23.9 Å². The molecule has 10 nitrogen and oxygen atoms in total. The number of hydrogen-bond donors (Lipinski definition) is 4. The molecule has 4 N–H and O–H groups in total. The Labute approximate surface area is 198 Å². The molecule has 0 aliphatic rings. The predicted octanol–water partition coefficient (Wildman–Crippen LogP) is 2.39. The normalized spacial score (nSPS) is 14.2. The Bertz CT molecular complexity index is 724. The SMILES string of the molecule is CCCCC(NC(=O)OC(C)(C)C)C(=O)NC(CC(C)C)C(=O)NC(CC(F)F)C(=O)C(=O)O. The van der Waals surface area contributed by atoms with Gasteiger partial charge in [0, 0.05) is 6.42 Å². The number of carboxylic acids is 1. The molecule has 0 heterocycles. The van der Waals surface area contributed by atoms with Crippen LogP contribution in [0.4, 0.5) is 13.6 Å². The number of amides is 3. The van der Waals surface area contributed by atoms with Gasteiger partial charge in [0.15, 0.2) is 0 Å². The molecule has 0 rings (SSSR count). The molecule has 3 unspecified atom stereocenters. The van der Waals surface area contributed by atoms with E-state index in [1.54, 1.807) is 34.6 Å². The highest BCUT2D eigenvalue weighted by atomic mass is 19.3. The van der Waals surface area contributed by atoms with E-state index < -0.39 is 66.2 Å². The Hall–Kier alpha value is -2.79. The molecule has 34 heavy (non-hydrogen) atoms. The van der Waals surface area contributed by atoms with Crippen molar-refractivity contribution in [2.24, 2.45) is 5.92 Å². The number of ether oxygens (including phenoxy) is 1. The van der Waals surface area contributed by atoms with E-state index in [9.17, 15) is 32.8 Å². The lowest BCUT2D eigenvalue weighted by Gasteiger charge is -2.26. The fourth-order valence-electron chi connectivity index (χ4n) is 2.93. The third-order valence-electron chi connectivity index (χ3n) is 4.45. The Morgan fingerprint density at radius 2 is 1.41 bits per heavy atom. The number of alkyl halides is 2. The second-order valence-corrected chi connectivity index (χ2v) is 9.39. The minimum absolute atomic E-state index is 0.0766. The van der Waals surface area contributed by atoms with Gasteiger partial charge in [-0.2, -0.15) is 0 Å². The van der Waals surface area contributed by atoms with Crippen LogP contribution in [0.25, 0.3) is 0 Å². The van der Waals surface area contributed by atoms with Crippen LogP contribution in [-0.4, -0.2) is 64.9 Å². The molecule has 0 aromatic heterocycles. The standard InChI is InChI=1S/C22H37F2N3O7/c1-7-8-9-13(27-21(33)34-22(4,5)6)18(29)26-15(10-12(2)3)19(30)25-14(11-16(23)24)17(28)20(31)32/h12-16H,7-11H2,1-6H3,(H,25,30)(H,26,29)(H,27,33)(H,31,32). The van der Waals surface area contributed by atoms with Crippen molar-refractivity contribution < 1.29 is 42.6 Å². The first kappa shape index (κ1) is 31.2. The molecule has 0 spiro atoms. The topological polar surface area (TPSA) is 151 Å². The summed E-state index contributed by atoms with van der Waals surface area (Å²) in [6, 6.07) is -4.24. The smallest absolute Gasteiger partial charge is 0.408 e. The first-order valence-electron chi connectivity index (χ1n) is 11.2. The molecule has 3 atom stereocenters. The van der Waals surface area contributed by atoms with E-state index in [0.717, 1.165) is 6.42 Å². The number of nitrogens with one attached hydrogen (secondary N) is 3. The number of alkyl carbamates (subject to hydrolysis) is 1. The third-order valence-corrected chi connectivity index (χ3v) is 4.45. The summed E-state index contributed by atoms with van der Waals surface area (Å²) < 4.78 is 30.8. The lowest BCUT2D eigenvalue weighted by molar-refractivity contribution is -0.151. The Morgan fingerprint density at radius 3 is 1.85 bits per heavy atom. The summed E-state index contributed by atoms with van der Waals surface area (Å²) in [7, 11) is 0. The summed E-state index contributed by atoms with van der Waals surface area (Å²) >= 11 is 0. The molecular weight excluding hydrogens is 456 g/mol. The highest BCUT2D eigenvalue weighted by Gasteiger charge is 2.33. The van der Waals surface area contributed by atoms with Crippen LogP contribution >= 0.6 is 0 Å². The minimum Gasteiger partial charge on any atom is -0.475 e. The van der Waals surface area contributed by atoms with Crippen LogP contribution in [0.15, 0.2) is 0 Å². The van der Waals surface area contributed by atoms with Crippen molar-refractivity contribution in [3.63, 3.8) is 0 Å². The third kappa shape index (κ3) is 13.0. The summed E-state index contributed by atoms with van der Waals surface area (Å²) in [6.45, 7) is 10.4. The maximum absolute atomic E-state index is 12.9. The molecule has 0 bridgehead atoms. The lowest BCUT2D eigenvalue weighted by Crippen LogP contribution is -2.57. The Kier molecular flexibility index (Phi) is 13.3. The van der Waals surface area contributed by atoms with E-state index in [1.165, 1.54) is 0 Å². The van der Waals surface area contributed by atoms with Crippen molar-refractivity contribution in [2.75, 3.05) is 0 Å². The van der Waals surface area contributed by atoms with Gasteiger partial charge in [-0.05, 0) is 39.5 Å². The number of aliphatic carboxylic acids is 1. The first-order chi connectivity index (χ1) is 15.6. The molecule has 0 aliphatic carbocycles. The summed E-state index contributed by atoms with van der Waals surface area (Å²) in [5.41, 5.74) is -0.799. The second-order valence-electron chi connectivity index (χ2n) is 9.39. The van der Waals surface area contributed by atoms with Crippen LogP contribution in [0.5, 0.6) is 0 Å². The predicted molar refractivity (Wildman–Crippen MR) is 119 cm³/mol. The highest BCUT2D eigenvalue weighted by Crippen LogP contribution is 2.12. The van der Waals surface area contributed by atoms with Gasteiger partial charge < -0.3 is 25.8 Å². The number of carboxylic acid groups (broad SMARTS) is 1. The maximum atomic E-state index is 12.9.